The van der Waals surface area contributed by atoms with E-state index < -0.39 is 0 Å². The zero-order valence-electron chi connectivity index (χ0n) is 32.9. The zero-order valence-corrected chi connectivity index (χ0v) is 33.7. The first-order chi connectivity index (χ1) is 30.3. The predicted molar refractivity (Wildman–Crippen MR) is 255 cm³/mol. The lowest BCUT2D eigenvalue weighted by atomic mass is 9.84. The molecule has 0 N–H and O–H groups in total. The van der Waals surface area contributed by atoms with Gasteiger partial charge in [0.1, 0.15) is 11.1 Å². The molecule has 0 bridgehead atoms. The number of anilines is 2. The lowest BCUT2D eigenvalue weighted by molar-refractivity contribution is 0.659. The molecule has 286 valence electrons. The molecule has 0 spiro atoms. The van der Waals surface area contributed by atoms with Crippen LogP contribution in [0.3, 0.4) is 0 Å². The van der Waals surface area contributed by atoms with Crippen molar-refractivity contribution in [1.82, 2.24) is 9.97 Å². The lowest BCUT2D eigenvalue weighted by Crippen LogP contribution is -2.30. The summed E-state index contributed by atoms with van der Waals surface area (Å²) < 4.78 is 9.45. The van der Waals surface area contributed by atoms with E-state index in [-0.39, 0.29) is 12.0 Å². The highest BCUT2D eigenvalue weighted by Crippen LogP contribution is 2.59. The van der Waals surface area contributed by atoms with Gasteiger partial charge < -0.3 is 9.32 Å². The van der Waals surface area contributed by atoms with Crippen molar-refractivity contribution in [2.24, 2.45) is 0 Å². The van der Waals surface area contributed by atoms with Gasteiger partial charge in [-0.1, -0.05) is 188 Å². The standard InChI is InChI=1S/C56H35N3OS/c1-4-15-34(16-5-1)36-27-29-38(30-28-36)55-57-50-43-23-12-13-26-47(43)60-52(50)56(58-55)59-46-32-31-39(35-17-6-2-7-18-35)33-45(46)48-41-21-10-11-22-42(41)54-49(51(48)59)44-25-14-24-40(53(44)61-54)37-19-8-3-9-20-37/h1-33,45-46H. The molecule has 0 amide bonds. The summed E-state index contributed by atoms with van der Waals surface area (Å²) in [5.41, 5.74) is 12.9. The van der Waals surface area contributed by atoms with Gasteiger partial charge in [-0.25, -0.2) is 9.97 Å². The van der Waals surface area contributed by atoms with E-state index >= 15 is 0 Å². The Morgan fingerprint density at radius 2 is 1.13 bits per heavy atom. The van der Waals surface area contributed by atoms with Crippen LogP contribution in [0.25, 0.3) is 92.2 Å². The summed E-state index contributed by atoms with van der Waals surface area (Å²) in [7, 11) is 0. The molecule has 0 saturated heterocycles. The quantitative estimate of drug-likeness (QED) is 0.174. The average molecular weight is 798 g/mol. The third kappa shape index (κ3) is 5.24. The van der Waals surface area contributed by atoms with E-state index in [1.165, 1.54) is 70.0 Å². The Morgan fingerprint density at radius 1 is 0.508 bits per heavy atom. The largest absolute Gasteiger partial charge is 0.450 e. The molecule has 61 heavy (non-hydrogen) atoms. The molecule has 0 radical (unpaired) electrons. The van der Waals surface area contributed by atoms with E-state index in [2.05, 4.69) is 193 Å². The van der Waals surface area contributed by atoms with E-state index in [9.17, 15) is 0 Å². The fourth-order valence-corrected chi connectivity index (χ4v) is 11.2. The number of para-hydroxylation sites is 1. The molecule has 5 heteroatoms. The molecule has 8 aromatic carbocycles. The van der Waals surface area contributed by atoms with Crippen molar-refractivity contribution in [3.05, 3.63) is 211 Å². The Bertz CT molecular complexity index is 3590. The van der Waals surface area contributed by atoms with E-state index in [1.807, 2.05) is 23.5 Å². The molecule has 2 aliphatic rings. The molecule has 4 heterocycles. The smallest absolute Gasteiger partial charge is 0.196 e. The highest BCUT2D eigenvalue weighted by Gasteiger charge is 2.44. The van der Waals surface area contributed by atoms with Crippen molar-refractivity contribution in [1.29, 1.82) is 0 Å². The van der Waals surface area contributed by atoms with E-state index in [0.29, 0.717) is 11.4 Å². The first-order valence-electron chi connectivity index (χ1n) is 20.8. The molecule has 1 aliphatic carbocycles. The molecule has 13 rings (SSSR count). The van der Waals surface area contributed by atoms with Crippen LogP contribution in [0.5, 0.6) is 0 Å². The third-order valence-electron chi connectivity index (χ3n) is 12.6. The van der Waals surface area contributed by atoms with Crippen molar-refractivity contribution < 1.29 is 4.42 Å². The number of aromatic nitrogens is 2. The van der Waals surface area contributed by atoms with Gasteiger partial charge >= 0.3 is 0 Å². The Labute approximate surface area is 356 Å². The second kappa shape index (κ2) is 13.5. The van der Waals surface area contributed by atoms with Gasteiger partial charge in [-0.05, 0) is 61.9 Å². The predicted octanol–water partition coefficient (Wildman–Crippen LogP) is 15.2. The van der Waals surface area contributed by atoms with Crippen molar-refractivity contribution in [3.63, 3.8) is 0 Å². The van der Waals surface area contributed by atoms with Crippen LogP contribution in [-0.4, -0.2) is 16.0 Å². The summed E-state index contributed by atoms with van der Waals surface area (Å²) in [5, 5.41) is 6.01. The number of allylic oxidation sites excluding steroid dienone is 2. The van der Waals surface area contributed by atoms with Crippen molar-refractivity contribution in [2.45, 2.75) is 12.0 Å². The van der Waals surface area contributed by atoms with Gasteiger partial charge in [-0.2, -0.15) is 0 Å². The van der Waals surface area contributed by atoms with Crippen LogP contribution in [0.4, 0.5) is 11.5 Å². The van der Waals surface area contributed by atoms with Crippen LogP contribution in [0.1, 0.15) is 17.0 Å². The fourth-order valence-electron chi connectivity index (χ4n) is 9.86. The number of thiophene rings is 1. The summed E-state index contributed by atoms with van der Waals surface area (Å²) >= 11 is 1.90. The number of hydrogen-bond acceptors (Lipinski definition) is 5. The summed E-state index contributed by atoms with van der Waals surface area (Å²) in [4.78, 5) is 13.4. The Kier molecular flexibility index (Phi) is 7.57. The van der Waals surface area contributed by atoms with E-state index in [4.69, 9.17) is 14.4 Å². The van der Waals surface area contributed by atoms with Gasteiger partial charge in [-0.15, -0.1) is 11.3 Å². The van der Waals surface area contributed by atoms with Crippen LogP contribution in [0, 0.1) is 0 Å². The highest BCUT2D eigenvalue weighted by atomic mass is 32.1. The first-order valence-corrected chi connectivity index (χ1v) is 21.6. The van der Waals surface area contributed by atoms with Gasteiger partial charge in [0.15, 0.2) is 17.2 Å². The average Bonchev–Trinajstić information content (AvgIpc) is 4.02. The first kappa shape index (κ1) is 34.3. The second-order valence-corrected chi connectivity index (χ2v) is 17.0. The monoisotopic (exact) mass is 797 g/mol. The summed E-state index contributed by atoms with van der Waals surface area (Å²) in [6, 6.07) is 64.6. The minimum Gasteiger partial charge on any atom is -0.450 e. The summed E-state index contributed by atoms with van der Waals surface area (Å²) in [6.07, 6.45) is 7.18. The molecule has 2 unspecified atom stereocenters. The van der Waals surface area contributed by atoms with Crippen LogP contribution >= 0.6 is 11.3 Å². The molecular formula is C56H35N3OS. The number of hydrogen-bond donors (Lipinski definition) is 0. The number of fused-ring (bicyclic) bond motifs is 13. The SMILES string of the molecule is C1=CC2C(C=C1c1ccccc1)c1c(c3c4cccc(-c5ccccc5)c4sc3c3ccccc13)N2c1nc(-c2ccc(-c3ccccc3)cc2)nc2c1oc1ccccc12. The fraction of sp³-hybridized carbons (Fsp3) is 0.0357. The van der Waals surface area contributed by atoms with Crippen molar-refractivity contribution >= 4 is 81.4 Å². The summed E-state index contributed by atoms with van der Waals surface area (Å²) in [5.74, 6) is 1.46. The normalized spacial score (nSPS) is 15.9. The molecule has 0 saturated carbocycles. The van der Waals surface area contributed by atoms with E-state index in [0.717, 1.165) is 33.4 Å². The Hall–Kier alpha value is -7.60. The van der Waals surface area contributed by atoms with Crippen molar-refractivity contribution in [3.8, 4) is 33.6 Å². The molecular weight excluding hydrogens is 763 g/mol. The van der Waals surface area contributed by atoms with Crippen LogP contribution in [0.2, 0.25) is 0 Å². The molecule has 3 aromatic heterocycles. The van der Waals surface area contributed by atoms with Crippen LogP contribution in [0.15, 0.2) is 205 Å². The molecule has 0 fully saturated rings. The molecule has 2 atom stereocenters. The third-order valence-corrected chi connectivity index (χ3v) is 13.9. The van der Waals surface area contributed by atoms with Gasteiger partial charge in [0.2, 0.25) is 0 Å². The highest BCUT2D eigenvalue weighted by molar-refractivity contribution is 7.27. The zero-order chi connectivity index (χ0) is 40.0. The number of benzene rings is 8. The topological polar surface area (TPSA) is 42.2 Å². The van der Waals surface area contributed by atoms with Crippen molar-refractivity contribution in [2.75, 3.05) is 4.90 Å². The van der Waals surface area contributed by atoms with Crippen LogP contribution in [-0.2, 0) is 0 Å². The number of rotatable bonds is 5. The Morgan fingerprint density at radius 3 is 1.90 bits per heavy atom. The van der Waals surface area contributed by atoms with Crippen LogP contribution < -0.4 is 4.90 Å². The minimum atomic E-state index is -0.0802. The van der Waals surface area contributed by atoms with Gasteiger partial charge in [0, 0.05) is 37.0 Å². The Balaban J connectivity index is 1.13. The maximum absolute atomic E-state index is 6.89. The molecule has 1 aliphatic heterocycles. The second-order valence-electron chi connectivity index (χ2n) is 16.0. The lowest BCUT2D eigenvalue weighted by Gasteiger charge is -2.29. The maximum atomic E-state index is 6.89. The molecule has 11 aromatic rings. The minimum absolute atomic E-state index is 0.0276. The van der Waals surface area contributed by atoms with Gasteiger partial charge in [0.05, 0.1) is 11.7 Å². The maximum Gasteiger partial charge on any atom is 0.196 e. The van der Waals surface area contributed by atoms with Gasteiger partial charge in [-0.3, -0.25) is 0 Å². The number of nitrogens with zero attached hydrogens (tertiary/aromatic N) is 3. The molecule has 4 nitrogen and oxygen atoms in total. The number of furan rings is 1. The van der Waals surface area contributed by atoms with E-state index in [1.54, 1.807) is 0 Å². The summed E-state index contributed by atoms with van der Waals surface area (Å²) in [6.45, 7) is 0. The van der Waals surface area contributed by atoms with Gasteiger partial charge in [0.25, 0.3) is 0 Å².